The summed E-state index contributed by atoms with van der Waals surface area (Å²) < 4.78 is 11.0. The summed E-state index contributed by atoms with van der Waals surface area (Å²) in [6.07, 6.45) is 2.26. The van der Waals surface area contributed by atoms with E-state index >= 15 is 0 Å². The van der Waals surface area contributed by atoms with Crippen molar-refractivity contribution in [3.8, 4) is 5.75 Å². The number of carbonyl (C=O) groups excluding carboxylic acids is 1. The molecule has 7 heteroatoms. The number of nitrogens with zero attached hydrogens (tertiary/aromatic N) is 3. The third-order valence-electron chi connectivity index (χ3n) is 6.56. The van der Waals surface area contributed by atoms with E-state index in [1.807, 2.05) is 23.1 Å². The molecule has 0 unspecified atom stereocenters. The summed E-state index contributed by atoms with van der Waals surface area (Å²) in [6, 6.07) is 8.51. The first kappa shape index (κ1) is 22.7. The number of urea groups is 1. The molecule has 0 spiro atoms. The Hall–Kier alpha value is -1.99. The normalized spacial score (nSPS) is 19.1. The average molecular weight is 419 g/mol. The second-order valence-corrected chi connectivity index (χ2v) is 8.12. The van der Waals surface area contributed by atoms with Crippen LogP contribution in [-0.2, 0) is 4.74 Å². The van der Waals surface area contributed by atoms with Crippen LogP contribution in [0.1, 0.15) is 26.7 Å². The van der Waals surface area contributed by atoms with Crippen LogP contribution in [0.4, 0.5) is 10.5 Å². The monoisotopic (exact) mass is 418 g/mol. The standard InChI is InChI=1S/C23H38N4O3/c1-4-19(5-2)21(26-14-16-30-17-15-26)18-24-23(28)27-12-10-25(11-13-27)20-8-6-7-9-22(20)29-3/h6-9,19,21H,4-5,10-18H2,1-3H3,(H,24,28)/t21-/m1/s1. The second-order valence-electron chi connectivity index (χ2n) is 8.12. The van der Waals surface area contributed by atoms with Gasteiger partial charge in [-0.2, -0.15) is 0 Å². The SMILES string of the molecule is CCC(CC)[C@@H](CNC(=O)N1CCN(c2ccccc2OC)CC1)N1CCOCC1. The smallest absolute Gasteiger partial charge is 0.317 e. The lowest BCUT2D eigenvalue weighted by Gasteiger charge is -2.40. The number of morpholine rings is 1. The van der Waals surface area contributed by atoms with E-state index in [0.717, 1.165) is 76.8 Å². The van der Waals surface area contributed by atoms with Crippen molar-refractivity contribution >= 4 is 11.7 Å². The highest BCUT2D eigenvalue weighted by Crippen LogP contribution is 2.28. The molecule has 2 heterocycles. The van der Waals surface area contributed by atoms with Crippen molar-refractivity contribution in [2.75, 3.05) is 71.0 Å². The number of piperazine rings is 1. The van der Waals surface area contributed by atoms with Crippen molar-refractivity contribution in [2.45, 2.75) is 32.7 Å². The number of hydrogen-bond acceptors (Lipinski definition) is 5. The van der Waals surface area contributed by atoms with E-state index in [1.54, 1.807) is 7.11 Å². The lowest BCUT2D eigenvalue weighted by atomic mass is 9.92. The van der Waals surface area contributed by atoms with Crippen LogP contribution in [0.3, 0.4) is 0 Å². The molecule has 7 nitrogen and oxygen atoms in total. The number of anilines is 1. The van der Waals surface area contributed by atoms with Gasteiger partial charge in [0.1, 0.15) is 5.75 Å². The summed E-state index contributed by atoms with van der Waals surface area (Å²) in [5.41, 5.74) is 1.10. The Bertz CT molecular complexity index is 654. The van der Waals surface area contributed by atoms with Crippen LogP contribution in [0.5, 0.6) is 5.75 Å². The number of methoxy groups -OCH3 is 1. The van der Waals surface area contributed by atoms with Gasteiger partial charge in [0.05, 0.1) is 26.0 Å². The predicted octanol–water partition coefficient (Wildman–Crippen LogP) is 2.66. The highest BCUT2D eigenvalue weighted by molar-refractivity contribution is 5.74. The van der Waals surface area contributed by atoms with Gasteiger partial charge in [0.15, 0.2) is 0 Å². The molecule has 0 aromatic heterocycles. The summed E-state index contributed by atoms with van der Waals surface area (Å²) in [5.74, 6) is 1.47. The molecular formula is C23H38N4O3. The molecule has 1 atom stereocenters. The van der Waals surface area contributed by atoms with Gasteiger partial charge in [0, 0.05) is 51.9 Å². The fraction of sp³-hybridized carbons (Fsp3) is 0.696. The third-order valence-corrected chi connectivity index (χ3v) is 6.56. The average Bonchev–Trinajstić information content (AvgIpc) is 2.82. The van der Waals surface area contributed by atoms with Gasteiger partial charge < -0.3 is 24.6 Å². The molecule has 0 aliphatic carbocycles. The predicted molar refractivity (Wildman–Crippen MR) is 120 cm³/mol. The van der Waals surface area contributed by atoms with E-state index in [1.165, 1.54) is 0 Å². The van der Waals surface area contributed by atoms with Crippen molar-refractivity contribution < 1.29 is 14.3 Å². The fourth-order valence-corrected chi connectivity index (χ4v) is 4.68. The second kappa shape index (κ2) is 11.4. The van der Waals surface area contributed by atoms with Crippen LogP contribution in [-0.4, -0.2) is 88.0 Å². The van der Waals surface area contributed by atoms with Crippen molar-refractivity contribution in [1.29, 1.82) is 0 Å². The number of benzene rings is 1. The van der Waals surface area contributed by atoms with Gasteiger partial charge >= 0.3 is 6.03 Å². The molecule has 1 N–H and O–H groups in total. The first-order chi connectivity index (χ1) is 14.7. The highest BCUT2D eigenvalue weighted by atomic mass is 16.5. The van der Waals surface area contributed by atoms with Crippen molar-refractivity contribution in [2.24, 2.45) is 5.92 Å². The Kier molecular flexibility index (Phi) is 8.63. The Labute approximate surface area is 181 Å². The number of rotatable bonds is 8. The summed E-state index contributed by atoms with van der Waals surface area (Å²) in [6.45, 7) is 11.8. The molecule has 168 valence electrons. The molecule has 0 bridgehead atoms. The van der Waals surface area contributed by atoms with E-state index < -0.39 is 0 Å². The molecule has 0 saturated carbocycles. The minimum atomic E-state index is 0.0545. The van der Waals surface area contributed by atoms with E-state index in [2.05, 4.69) is 35.0 Å². The third kappa shape index (κ3) is 5.58. The Morgan fingerprint density at radius 1 is 1.07 bits per heavy atom. The molecule has 2 aliphatic heterocycles. The molecule has 2 fully saturated rings. The lowest BCUT2D eigenvalue weighted by molar-refractivity contribution is 0.00210. The van der Waals surface area contributed by atoms with E-state index in [-0.39, 0.29) is 6.03 Å². The van der Waals surface area contributed by atoms with Gasteiger partial charge in [-0.15, -0.1) is 0 Å². The number of amides is 2. The van der Waals surface area contributed by atoms with Crippen molar-refractivity contribution in [1.82, 2.24) is 15.1 Å². The van der Waals surface area contributed by atoms with Crippen LogP contribution in [0.25, 0.3) is 0 Å². The maximum atomic E-state index is 12.9. The van der Waals surface area contributed by atoms with Gasteiger partial charge in [0.25, 0.3) is 0 Å². The molecule has 30 heavy (non-hydrogen) atoms. The van der Waals surface area contributed by atoms with Gasteiger partial charge in [-0.25, -0.2) is 4.79 Å². The lowest BCUT2D eigenvalue weighted by Crippen LogP contribution is -2.56. The maximum absolute atomic E-state index is 12.9. The maximum Gasteiger partial charge on any atom is 0.317 e. The molecule has 1 aromatic rings. The number of hydrogen-bond donors (Lipinski definition) is 1. The minimum absolute atomic E-state index is 0.0545. The number of para-hydroxylation sites is 2. The first-order valence-corrected chi connectivity index (χ1v) is 11.4. The molecule has 0 radical (unpaired) electrons. The van der Waals surface area contributed by atoms with Crippen molar-refractivity contribution in [3.63, 3.8) is 0 Å². The van der Waals surface area contributed by atoms with Crippen LogP contribution >= 0.6 is 0 Å². The van der Waals surface area contributed by atoms with Gasteiger partial charge in [0.2, 0.25) is 0 Å². The number of nitrogens with one attached hydrogen (secondary N) is 1. The quantitative estimate of drug-likeness (QED) is 0.703. The number of ether oxygens (including phenoxy) is 2. The van der Waals surface area contributed by atoms with Crippen LogP contribution in [0, 0.1) is 5.92 Å². The van der Waals surface area contributed by atoms with E-state index in [0.29, 0.717) is 18.5 Å². The minimum Gasteiger partial charge on any atom is -0.495 e. The van der Waals surface area contributed by atoms with E-state index in [9.17, 15) is 4.79 Å². The molecule has 2 saturated heterocycles. The Morgan fingerprint density at radius 3 is 2.37 bits per heavy atom. The van der Waals surface area contributed by atoms with Gasteiger partial charge in [-0.05, 0) is 18.1 Å². The van der Waals surface area contributed by atoms with E-state index in [4.69, 9.17) is 9.47 Å². The zero-order chi connectivity index (χ0) is 21.3. The zero-order valence-electron chi connectivity index (χ0n) is 18.8. The first-order valence-electron chi connectivity index (χ1n) is 11.4. The topological polar surface area (TPSA) is 57.3 Å². The summed E-state index contributed by atoms with van der Waals surface area (Å²) >= 11 is 0. The van der Waals surface area contributed by atoms with Crippen LogP contribution < -0.4 is 15.0 Å². The molecule has 1 aromatic carbocycles. The Balaban J connectivity index is 1.53. The summed E-state index contributed by atoms with van der Waals surface area (Å²) in [4.78, 5) is 19.6. The summed E-state index contributed by atoms with van der Waals surface area (Å²) in [7, 11) is 1.70. The molecule has 2 amide bonds. The molecule has 3 rings (SSSR count). The van der Waals surface area contributed by atoms with Gasteiger partial charge in [-0.1, -0.05) is 38.8 Å². The van der Waals surface area contributed by atoms with Crippen LogP contribution in [0.15, 0.2) is 24.3 Å². The number of carbonyl (C=O) groups is 1. The molecule has 2 aliphatic rings. The summed E-state index contributed by atoms with van der Waals surface area (Å²) in [5, 5.41) is 3.24. The Morgan fingerprint density at radius 2 is 1.73 bits per heavy atom. The largest absolute Gasteiger partial charge is 0.495 e. The highest BCUT2D eigenvalue weighted by Gasteiger charge is 2.29. The van der Waals surface area contributed by atoms with Gasteiger partial charge in [-0.3, -0.25) is 4.90 Å². The molecular weight excluding hydrogens is 380 g/mol. The fourth-order valence-electron chi connectivity index (χ4n) is 4.68. The van der Waals surface area contributed by atoms with Crippen LogP contribution in [0.2, 0.25) is 0 Å². The zero-order valence-corrected chi connectivity index (χ0v) is 18.8. The van der Waals surface area contributed by atoms with Crippen molar-refractivity contribution in [3.05, 3.63) is 24.3 Å².